The Kier molecular flexibility index (Phi) is 7.29. The van der Waals surface area contributed by atoms with Crippen LogP contribution in [0.4, 0.5) is 0 Å². The number of methoxy groups -OCH3 is 2. The molecule has 0 saturated heterocycles. The number of amides is 1. The minimum absolute atomic E-state index is 0.330. The number of hydrogen-bond acceptors (Lipinski definition) is 5. The van der Waals surface area contributed by atoms with E-state index in [9.17, 15) is 4.79 Å². The summed E-state index contributed by atoms with van der Waals surface area (Å²) < 4.78 is 16.5. The molecule has 1 amide bonds. The molecule has 0 saturated carbocycles. The Labute approximate surface area is 180 Å². The highest BCUT2D eigenvalue weighted by atomic mass is 35.5. The van der Waals surface area contributed by atoms with Crippen LogP contribution < -0.4 is 19.6 Å². The van der Waals surface area contributed by atoms with Gasteiger partial charge >= 0.3 is 0 Å². The van der Waals surface area contributed by atoms with Crippen molar-refractivity contribution in [2.24, 2.45) is 5.10 Å². The summed E-state index contributed by atoms with van der Waals surface area (Å²) in [4.78, 5) is 12.2. The number of nitrogens with one attached hydrogen (secondary N) is 1. The Bertz CT molecular complexity index is 1020. The molecule has 3 aromatic carbocycles. The summed E-state index contributed by atoms with van der Waals surface area (Å²) in [6, 6.07) is 19.6. The molecule has 0 fully saturated rings. The van der Waals surface area contributed by atoms with Crippen LogP contribution in [0.5, 0.6) is 17.2 Å². The van der Waals surface area contributed by atoms with Crippen LogP contribution in [-0.2, 0) is 6.61 Å². The van der Waals surface area contributed by atoms with Gasteiger partial charge in [0, 0.05) is 16.1 Å². The molecular formula is C23H21ClN2O4. The number of halogens is 1. The van der Waals surface area contributed by atoms with Gasteiger partial charge in [0.15, 0.2) is 11.5 Å². The number of carbonyl (C=O) groups is 1. The van der Waals surface area contributed by atoms with Gasteiger partial charge in [-0.2, -0.15) is 5.10 Å². The number of ether oxygens (including phenoxy) is 3. The highest BCUT2D eigenvalue weighted by molar-refractivity contribution is 6.30. The van der Waals surface area contributed by atoms with E-state index in [0.717, 1.165) is 5.56 Å². The first kappa shape index (κ1) is 21.2. The monoisotopic (exact) mass is 424 g/mol. The van der Waals surface area contributed by atoms with Crippen molar-refractivity contribution in [3.63, 3.8) is 0 Å². The number of rotatable bonds is 8. The molecule has 3 aromatic rings. The molecule has 0 aliphatic carbocycles. The fourth-order valence-corrected chi connectivity index (χ4v) is 2.78. The predicted octanol–water partition coefficient (Wildman–Crippen LogP) is 4.70. The summed E-state index contributed by atoms with van der Waals surface area (Å²) in [5.74, 6) is 1.43. The van der Waals surface area contributed by atoms with E-state index in [1.807, 2.05) is 24.3 Å². The molecule has 7 heteroatoms. The number of para-hydroxylation sites is 1. The second-order valence-electron chi connectivity index (χ2n) is 6.22. The Hall–Kier alpha value is -3.51. The summed E-state index contributed by atoms with van der Waals surface area (Å²) >= 11 is 5.92. The van der Waals surface area contributed by atoms with Crippen LogP contribution in [0, 0.1) is 0 Å². The van der Waals surface area contributed by atoms with Gasteiger partial charge in [-0.3, -0.25) is 4.79 Å². The van der Waals surface area contributed by atoms with Crippen LogP contribution in [0.1, 0.15) is 21.5 Å². The molecule has 0 heterocycles. The molecule has 0 atom stereocenters. The zero-order valence-electron chi connectivity index (χ0n) is 16.6. The largest absolute Gasteiger partial charge is 0.497 e. The number of benzene rings is 3. The van der Waals surface area contributed by atoms with Gasteiger partial charge in [-0.05, 0) is 54.1 Å². The van der Waals surface area contributed by atoms with E-state index in [1.54, 1.807) is 56.7 Å². The highest BCUT2D eigenvalue weighted by Crippen LogP contribution is 2.31. The third-order valence-corrected chi connectivity index (χ3v) is 4.50. The molecule has 0 aliphatic rings. The maximum absolute atomic E-state index is 12.2. The minimum atomic E-state index is -0.333. The Morgan fingerprint density at radius 2 is 1.73 bits per heavy atom. The zero-order valence-corrected chi connectivity index (χ0v) is 17.3. The van der Waals surface area contributed by atoms with E-state index in [4.69, 9.17) is 25.8 Å². The second-order valence-corrected chi connectivity index (χ2v) is 6.66. The molecular weight excluding hydrogens is 404 g/mol. The van der Waals surface area contributed by atoms with Crippen LogP contribution in [0.15, 0.2) is 71.8 Å². The molecule has 0 spiro atoms. The fourth-order valence-electron chi connectivity index (χ4n) is 2.65. The number of hydrogen-bond donors (Lipinski definition) is 1. The average Bonchev–Trinajstić information content (AvgIpc) is 2.79. The Balaban J connectivity index is 1.71. The van der Waals surface area contributed by atoms with E-state index in [1.165, 1.54) is 6.21 Å². The van der Waals surface area contributed by atoms with E-state index < -0.39 is 0 Å². The lowest BCUT2D eigenvalue weighted by Crippen LogP contribution is -2.17. The number of carbonyl (C=O) groups excluding carboxylic acids is 1. The fraction of sp³-hybridized carbons (Fsp3) is 0.130. The molecule has 0 unspecified atom stereocenters. The molecule has 30 heavy (non-hydrogen) atoms. The summed E-state index contributed by atoms with van der Waals surface area (Å²) in [5.41, 5.74) is 4.60. The zero-order chi connectivity index (χ0) is 21.3. The van der Waals surface area contributed by atoms with Crippen molar-refractivity contribution >= 4 is 23.7 Å². The third-order valence-electron chi connectivity index (χ3n) is 4.25. The van der Waals surface area contributed by atoms with Crippen LogP contribution in [0.3, 0.4) is 0 Å². The van der Waals surface area contributed by atoms with Crippen molar-refractivity contribution in [2.45, 2.75) is 6.61 Å². The molecule has 0 aliphatic heterocycles. The third kappa shape index (κ3) is 5.52. The maximum atomic E-state index is 12.2. The normalized spacial score (nSPS) is 10.6. The minimum Gasteiger partial charge on any atom is -0.497 e. The SMILES string of the molecule is COc1ccc(C(=O)N/N=C/c2cccc(OC)c2OCc2ccc(Cl)cc2)cc1. The average molecular weight is 425 g/mol. The first-order valence-electron chi connectivity index (χ1n) is 9.12. The van der Waals surface area contributed by atoms with Gasteiger partial charge < -0.3 is 14.2 Å². The van der Waals surface area contributed by atoms with E-state index in [2.05, 4.69) is 10.5 Å². The van der Waals surface area contributed by atoms with Gasteiger partial charge in [0.1, 0.15) is 12.4 Å². The van der Waals surface area contributed by atoms with E-state index >= 15 is 0 Å². The Morgan fingerprint density at radius 1 is 1.00 bits per heavy atom. The van der Waals surface area contributed by atoms with Crippen molar-refractivity contribution in [1.82, 2.24) is 5.43 Å². The molecule has 0 bridgehead atoms. The summed E-state index contributed by atoms with van der Waals surface area (Å²) in [6.45, 7) is 0.330. The van der Waals surface area contributed by atoms with Gasteiger partial charge in [-0.1, -0.05) is 29.8 Å². The Morgan fingerprint density at radius 3 is 2.40 bits per heavy atom. The van der Waals surface area contributed by atoms with Crippen molar-refractivity contribution in [1.29, 1.82) is 0 Å². The van der Waals surface area contributed by atoms with Gasteiger partial charge in [0.05, 0.1) is 20.4 Å². The quantitative estimate of drug-likeness (QED) is 0.420. The standard InChI is InChI=1S/C23H21ClN2O4/c1-28-20-12-8-17(9-13-20)23(27)26-25-14-18-4-3-5-21(29-2)22(18)30-15-16-6-10-19(24)11-7-16/h3-14H,15H2,1-2H3,(H,26,27)/b25-14+. The lowest BCUT2D eigenvalue weighted by molar-refractivity contribution is 0.0955. The van der Waals surface area contributed by atoms with Crippen molar-refractivity contribution in [2.75, 3.05) is 14.2 Å². The van der Waals surface area contributed by atoms with E-state index in [-0.39, 0.29) is 5.91 Å². The van der Waals surface area contributed by atoms with Gasteiger partial charge in [-0.25, -0.2) is 5.43 Å². The lowest BCUT2D eigenvalue weighted by atomic mass is 10.2. The summed E-state index contributed by atoms with van der Waals surface area (Å²) in [5, 5.41) is 4.72. The van der Waals surface area contributed by atoms with Crippen LogP contribution in [-0.4, -0.2) is 26.3 Å². The predicted molar refractivity (Wildman–Crippen MR) is 117 cm³/mol. The lowest BCUT2D eigenvalue weighted by Gasteiger charge is -2.13. The molecule has 3 rings (SSSR count). The van der Waals surface area contributed by atoms with Crippen LogP contribution in [0.2, 0.25) is 5.02 Å². The van der Waals surface area contributed by atoms with Crippen molar-refractivity contribution in [3.8, 4) is 17.2 Å². The first-order valence-corrected chi connectivity index (χ1v) is 9.50. The van der Waals surface area contributed by atoms with Crippen LogP contribution in [0.25, 0.3) is 0 Å². The van der Waals surface area contributed by atoms with Gasteiger partial charge in [-0.15, -0.1) is 0 Å². The smallest absolute Gasteiger partial charge is 0.271 e. The molecule has 1 N–H and O–H groups in total. The molecule has 0 aromatic heterocycles. The van der Waals surface area contributed by atoms with Crippen LogP contribution >= 0.6 is 11.6 Å². The summed E-state index contributed by atoms with van der Waals surface area (Å²) in [6.07, 6.45) is 1.52. The van der Waals surface area contributed by atoms with E-state index in [0.29, 0.717) is 40.0 Å². The van der Waals surface area contributed by atoms with Gasteiger partial charge in [0.2, 0.25) is 0 Å². The van der Waals surface area contributed by atoms with Crippen molar-refractivity contribution < 1.29 is 19.0 Å². The molecule has 0 radical (unpaired) electrons. The summed E-state index contributed by atoms with van der Waals surface area (Å²) in [7, 11) is 3.14. The maximum Gasteiger partial charge on any atom is 0.271 e. The molecule has 6 nitrogen and oxygen atoms in total. The number of hydrazone groups is 1. The second kappa shape index (κ2) is 10.3. The first-order chi connectivity index (χ1) is 14.6. The van der Waals surface area contributed by atoms with Gasteiger partial charge in [0.25, 0.3) is 5.91 Å². The van der Waals surface area contributed by atoms with Crippen molar-refractivity contribution in [3.05, 3.63) is 88.4 Å². The highest BCUT2D eigenvalue weighted by Gasteiger charge is 2.10. The number of nitrogens with zero attached hydrogens (tertiary/aromatic N) is 1. The molecule has 154 valence electrons. The topological polar surface area (TPSA) is 69.2 Å².